The number of carbonyl (C=O) groups is 2. The largest absolute Gasteiger partial charge is 0.448 e. The van der Waals surface area contributed by atoms with Crippen molar-refractivity contribution in [3.05, 3.63) is 17.8 Å². The van der Waals surface area contributed by atoms with Crippen LogP contribution in [0.3, 0.4) is 0 Å². The van der Waals surface area contributed by atoms with Crippen molar-refractivity contribution in [1.29, 1.82) is 0 Å². The van der Waals surface area contributed by atoms with Gasteiger partial charge in [0.15, 0.2) is 12.1 Å². The van der Waals surface area contributed by atoms with Crippen LogP contribution in [0.15, 0.2) is 10.8 Å². The molecular weight excluding hydrogens is 310 g/mol. The van der Waals surface area contributed by atoms with Gasteiger partial charge in [-0.15, -0.1) is 0 Å². The minimum absolute atomic E-state index is 0.114. The number of carbonyl (C=O) groups excluding carboxylic acids is 2. The molecule has 0 aromatic carbocycles. The highest BCUT2D eigenvalue weighted by molar-refractivity contribution is 5.93. The standard InChI is InChI=1S/C17H25N3O4/c1-4-5-12(2)20-10-17(24-16(20)22)6-8-19(9-7-17)15(21)14-13(3)23-11-18-14/h11-12H,4-10H2,1-3H3/t12-/m1/s1. The summed E-state index contributed by atoms with van der Waals surface area (Å²) in [6.45, 7) is 7.66. The van der Waals surface area contributed by atoms with E-state index in [0.29, 0.717) is 43.9 Å². The second-order valence-electron chi connectivity index (χ2n) is 6.87. The molecule has 0 aliphatic carbocycles. The van der Waals surface area contributed by atoms with Crippen LogP contribution in [0.5, 0.6) is 0 Å². The van der Waals surface area contributed by atoms with Gasteiger partial charge in [-0.25, -0.2) is 9.78 Å². The summed E-state index contributed by atoms with van der Waals surface area (Å²) in [5, 5.41) is 0. The maximum absolute atomic E-state index is 12.5. The number of nitrogens with zero attached hydrogens (tertiary/aromatic N) is 3. The van der Waals surface area contributed by atoms with E-state index in [4.69, 9.17) is 9.15 Å². The Morgan fingerprint density at radius 3 is 2.71 bits per heavy atom. The Hall–Kier alpha value is -2.05. The van der Waals surface area contributed by atoms with Gasteiger partial charge in [0.25, 0.3) is 5.91 Å². The fourth-order valence-electron chi connectivity index (χ4n) is 3.60. The van der Waals surface area contributed by atoms with Crippen LogP contribution in [0.1, 0.15) is 55.8 Å². The smallest absolute Gasteiger partial charge is 0.410 e. The molecule has 3 heterocycles. The minimum Gasteiger partial charge on any atom is -0.448 e. The lowest BCUT2D eigenvalue weighted by Crippen LogP contribution is -2.49. The number of aromatic nitrogens is 1. The Morgan fingerprint density at radius 1 is 1.42 bits per heavy atom. The molecule has 0 unspecified atom stereocenters. The summed E-state index contributed by atoms with van der Waals surface area (Å²) in [6, 6.07) is 0.194. The highest BCUT2D eigenvalue weighted by Gasteiger charge is 2.48. The van der Waals surface area contributed by atoms with Crippen LogP contribution in [-0.4, -0.2) is 58.1 Å². The summed E-state index contributed by atoms with van der Waals surface area (Å²) in [4.78, 5) is 32.3. The molecule has 0 N–H and O–H groups in total. The summed E-state index contributed by atoms with van der Waals surface area (Å²) in [5.74, 6) is 0.420. The minimum atomic E-state index is -0.450. The Balaban J connectivity index is 1.62. The summed E-state index contributed by atoms with van der Waals surface area (Å²) >= 11 is 0. The van der Waals surface area contributed by atoms with E-state index in [2.05, 4.69) is 18.8 Å². The highest BCUT2D eigenvalue weighted by atomic mass is 16.6. The zero-order valence-electron chi connectivity index (χ0n) is 14.6. The van der Waals surface area contributed by atoms with Crippen molar-refractivity contribution in [2.24, 2.45) is 0 Å². The fraction of sp³-hybridized carbons (Fsp3) is 0.706. The maximum atomic E-state index is 12.5. The molecular formula is C17H25N3O4. The van der Waals surface area contributed by atoms with Crippen LogP contribution >= 0.6 is 0 Å². The van der Waals surface area contributed by atoms with E-state index in [9.17, 15) is 9.59 Å². The van der Waals surface area contributed by atoms with Gasteiger partial charge in [-0.3, -0.25) is 4.79 Å². The molecule has 2 aliphatic heterocycles. The highest BCUT2D eigenvalue weighted by Crippen LogP contribution is 2.35. The summed E-state index contributed by atoms with van der Waals surface area (Å²) in [6.07, 6.45) is 4.41. The van der Waals surface area contributed by atoms with E-state index < -0.39 is 5.60 Å². The average Bonchev–Trinajstić information content (AvgIpc) is 3.11. The summed E-state index contributed by atoms with van der Waals surface area (Å²) in [5.41, 5.74) is -0.0816. The SMILES string of the molecule is CCC[C@@H](C)N1CC2(CCN(C(=O)c3ncoc3C)CC2)OC1=O. The molecule has 24 heavy (non-hydrogen) atoms. The fourth-order valence-corrected chi connectivity index (χ4v) is 3.60. The van der Waals surface area contributed by atoms with Gasteiger partial charge >= 0.3 is 6.09 Å². The van der Waals surface area contributed by atoms with E-state index >= 15 is 0 Å². The van der Waals surface area contributed by atoms with Crippen molar-refractivity contribution in [3.8, 4) is 0 Å². The van der Waals surface area contributed by atoms with Gasteiger partial charge in [0.2, 0.25) is 0 Å². The van der Waals surface area contributed by atoms with E-state index in [-0.39, 0.29) is 18.0 Å². The Kier molecular flexibility index (Phi) is 4.51. The van der Waals surface area contributed by atoms with E-state index in [0.717, 1.165) is 12.8 Å². The number of rotatable bonds is 4. The van der Waals surface area contributed by atoms with Crippen molar-refractivity contribution in [1.82, 2.24) is 14.8 Å². The first-order valence-electron chi connectivity index (χ1n) is 8.65. The first-order chi connectivity index (χ1) is 11.5. The molecule has 0 radical (unpaired) electrons. The van der Waals surface area contributed by atoms with Gasteiger partial charge in [0, 0.05) is 32.0 Å². The molecule has 1 atom stereocenters. The van der Waals surface area contributed by atoms with Gasteiger partial charge < -0.3 is 19.0 Å². The van der Waals surface area contributed by atoms with Gasteiger partial charge in [0.05, 0.1) is 6.54 Å². The number of likely N-dealkylation sites (tertiary alicyclic amines) is 1. The molecule has 7 heteroatoms. The lowest BCUT2D eigenvalue weighted by atomic mass is 9.90. The van der Waals surface area contributed by atoms with Crippen LogP contribution in [0.2, 0.25) is 0 Å². The predicted octanol–water partition coefficient (Wildman–Crippen LogP) is 2.60. The van der Waals surface area contributed by atoms with Gasteiger partial charge in [-0.1, -0.05) is 13.3 Å². The van der Waals surface area contributed by atoms with Gasteiger partial charge in [-0.2, -0.15) is 0 Å². The van der Waals surface area contributed by atoms with E-state index in [1.54, 1.807) is 11.8 Å². The molecule has 2 saturated heterocycles. The van der Waals surface area contributed by atoms with Crippen molar-refractivity contribution >= 4 is 12.0 Å². The molecule has 0 saturated carbocycles. The molecule has 2 aliphatic rings. The molecule has 1 aromatic heterocycles. The molecule has 7 nitrogen and oxygen atoms in total. The second-order valence-corrected chi connectivity index (χ2v) is 6.87. The summed E-state index contributed by atoms with van der Waals surface area (Å²) < 4.78 is 10.8. The zero-order chi connectivity index (χ0) is 17.3. The Bertz CT molecular complexity index is 619. The number of amides is 2. The lowest BCUT2D eigenvalue weighted by molar-refractivity contribution is 0.00288. The number of hydrogen-bond acceptors (Lipinski definition) is 5. The van der Waals surface area contributed by atoms with E-state index in [1.807, 2.05) is 4.90 Å². The number of hydrogen-bond donors (Lipinski definition) is 0. The third kappa shape index (κ3) is 2.99. The normalized spacial score (nSPS) is 21.2. The number of oxazole rings is 1. The van der Waals surface area contributed by atoms with Crippen molar-refractivity contribution in [3.63, 3.8) is 0 Å². The number of piperidine rings is 1. The molecule has 1 aromatic rings. The first-order valence-corrected chi connectivity index (χ1v) is 8.65. The maximum Gasteiger partial charge on any atom is 0.410 e. The molecule has 132 valence electrons. The van der Waals surface area contributed by atoms with Crippen LogP contribution in [0, 0.1) is 6.92 Å². The van der Waals surface area contributed by atoms with Gasteiger partial charge in [0.1, 0.15) is 11.4 Å². The Morgan fingerprint density at radius 2 is 2.12 bits per heavy atom. The zero-order valence-corrected chi connectivity index (χ0v) is 14.6. The summed E-state index contributed by atoms with van der Waals surface area (Å²) in [7, 11) is 0. The van der Waals surface area contributed by atoms with Crippen molar-refractivity contribution < 1.29 is 18.7 Å². The van der Waals surface area contributed by atoms with Crippen molar-refractivity contribution in [2.45, 2.75) is 58.1 Å². The monoisotopic (exact) mass is 335 g/mol. The average molecular weight is 335 g/mol. The first kappa shape index (κ1) is 16.8. The third-order valence-corrected chi connectivity index (χ3v) is 5.14. The van der Waals surface area contributed by atoms with Crippen LogP contribution in [-0.2, 0) is 4.74 Å². The lowest BCUT2D eigenvalue weighted by Gasteiger charge is -2.37. The third-order valence-electron chi connectivity index (χ3n) is 5.14. The molecule has 1 spiro atoms. The molecule has 2 amide bonds. The van der Waals surface area contributed by atoms with Gasteiger partial charge in [-0.05, 0) is 20.3 Å². The Labute approximate surface area is 141 Å². The predicted molar refractivity (Wildman–Crippen MR) is 86.7 cm³/mol. The molecule has 0 bridgehead atoms. The number of ether oxygens (including phenoxy) is 1. The van der Waals surface area contributed by atoms with Crippen LogP contribution in [0.25, 0.3) is 0 Å². The van der Waals surface area contributed by atoms with Crippen LogP contribution in [0.4, 0.5) is 4.79 Å². The topological polar surface area (TPSA) is 75.9 Å². The second kappa shape index (κ2) is 6.45. The van der Waals surface area contributed by atoms with E-state index in [1.165, 1.54) is 6.39 Å². The van der Waals surface area contributed by atoms with Crippen LogP contribution < -0.4 is 0 Å². The molecule has 2 fully saturated rings. The van der Waals surface area contributed by atoms with Crippen molar-refractivity contribution in [2.75, 3.05) is 19.6 Å². The number of aryl methyl sites for hydroxylation is 1. The molecule has 3 rings (SSSR count). The quantitative estimate of drug-likeness (QED) is 0.845.